The zero-order valence-electron chi connectivity index (χ0n) is 12.4. The predicted molar refractivity (Wildman–Crippen MR) is 89.0 cm³/mol. The first-order chi connectivity index (χ1) is 10.2. The molecule has 0 radical (unpaired) electrons. The van der Waals surface area contributed by atoms with Gasteiger partial charge in [0, 0.05) is 30.2 Å². The van der Waals surface area contributed by atoms with E-state index >= 15 is 0 Å². The number of aryl methyl sites for hydroxylation is 1. The maximum Gasteiger partial charge on any atom is 0.138 e. The highest BCUT2D eigenvalue weighted by molar-refractivity contribution is 7.99. The minimum atomic E-state index is 0.356. The molecule has 1 N–H and O–H groups in total. The van der Waals surface area contributed by atoms with Crippen molar-refractivity contribution < 1.29 is 0 Å². The van der Waals surface area contributed by atoms with Crippen LogP contribution in [0.25, 0.3) is 0 Å². The summed E-state index contributed by atoms with van der Waals surface area (Å²) in [5.74, 6) is 1.96. The number of aromatic nitrogens is 3. The van der Waals surface area contributed by atoms with Crippen molar-refractivity contribution in [2.75, 3.05) is 12.3 Å². The number of halogens is 1. The Kier molecular flexibility index (Phi) is 6.54. The van der Waals surface area contributed by atoms with E-state index in [0.717, 1.165) is 40.9 Å². The smallest absolute Gasteiger partial charge is 0.138 e. The molecule has 114 valence electrons. The van der Waals surface area contributed by atoms with Crippen LogP contribution in [0.2, 0.25) is 5.02 Å². The van der Waals surface area contributed by atoms with Gasteiger partial charge in [0.05, 0.1) is 5.02 Å². The van der Waals surface area contributed by atoms with Gasteiger partial charge in [0.1, 0.15) is 12.2 Å². The van der Waals surface area contributed by atoms with E-state index in [9.17, 15) is 0 Å². The Morgan fingerprint density at radius 1 is 1.38 bits per heavy atom. The normalized spacial score (nSPS) is 12.5. The lowest BCUT2D eigenvalue weighted by molar-refractivity contribution is 0.526. The van der Waals surface area contributed by atoms with E-state index in [2.05, 4.69) is 28.4 Å². The second kappa shape index (κ2) is 8.41. The molecule has 1 unspecified atom stereocenters. The van der Waals surface area contributed by atoms with Crippen molar-refractivity contribution in [1.29, 1.82) is 0 Å². The van der Waals surface area contributed by atoms with Crippen molar-refractivity contribution in [1.82, 2.24) is 20.1 Å². The molecule has 1 heterocycles. The number of thioether (sulfide) groups is 1. The second-order valence-electron chi connectivity index (χ2n) is 4.90. The summed E-state index contributed by atoms with van der Waals surface area (Å²) >= 11 is 7.99. The van der Waals surface area contributed by atoms with E-state index in [4.69, 9.17) is 11.6 Å². The van der Waals surface area contributed by atoms with E-state index in [1.165, 1.54) is 0 Å². The zero-order valence-corrected chi connectivity index (χ0v) is 14.0. The summed E-state index contributed by atoms with van der Waals surface area (Å²) in [4.78, 5) is 5.44. The Balaban J connectivity index is 1.96. The van der Waals surface area contributed by atoms with Crippen LogP contribution in [0.4, 0.5) is 0 Å². The lowest BCUT2D eigenvalue weighted by Gasteiger charge is -2.18. The summed E-state index contributed by atoms with van der Waals surface area (Å²) < 4.78 is 1.83. The molecule has 6 heteroatoms. The number of rotatable bonds is 8. The molecule has 0 saturated carbocycles. The van der Waals surface area contributed by atoms with Crippen molar-refractivity contribution in [3.8, 4) is 0 Å². The lowest BCUT2D eigenvalue weighted by Crippen LogP contribution is -2.34. The molecule has 1 aromatic heterocycles. The van der Waals surface area contributed by atoms with Crippen molar-refractivity contribution >= 4 is 23.4 Å². The van der Waals surface area contributed by atoms with Gasteiger partial charge in [0.25, 0.3) is 0 Å². The molecule has 0 aliphatic rings. The molecule has 0 amide bonds. The first-order valence-corrected chi connectivity index (χ1v) is 8.50. The van der Waals surface area contributed by atoms with E-state index in [0.29, 0.717) is 6.04 Å². The van der Waals surface area contributed by atoms with Crippen LogP contribution in [0.5, 0.6) is 0 Å². The van der Waals surface area contributed by atoms with Gasteiger partial charge in [0.2, 0.25) is 0 Å². The highest BCUT2D eigenvalue weighted by Crippen LogP contribution is 2.27. The highest BCUT2D eigenvalue weighted by atomic mass is 35.5. The fourth-order valence-electron chi connectivity index (χ4n) is 2.02. The molecule has 1 aromatic carbocycles. The Morgan fingerprint density at radius 3 is 2.86 bits per heavy atom. The summed E-state index contributed by atoms with van der Waals surface area (Å²) in [6.07, 6.45) is 3.59. The molecule has 2 rings (SSSR count). The molecular weight excluding hydrogens is 304 g/mol. The molecule has 4 nitrogen and oxygen atoms in total. The molecule has 0 aliphatic carbocycles. The molecule has 0 spiro atoms. The summed E-state index contributed by atoms with van der Waals surface area (Å²) in [6, 6.07) is 8.33. The van der Waals surface area contributed by atoms with Crippen LogP contribution in [0.1, 0.15) is 19.2 Å². The van der Waals surface area contributed by atoms with E-state index in [-0.39, 0.29) is 0 Å². The van der Waals surface area contributed by atoms with E-state index in [1.54, 1.807) is 18.1 Å². The number of hydrogen-bond acceptors (Lipinski definition) is 4. The molecule has 0 fully saturated rings. The van der Waals surface area contributed by atoms with Crippen molar-refractivity contribution in [3.63, 3.8) is 0 Å². The van der Waals surface area contributed by atoms with Crippen LogP contribution in [-0.4, -0.2) is 33.1 Å². The van der Waals surface area contributed by atoms with Crippen LogP contribution in [0, 0.1) is 0 Å². The average molecular weight is 325 g/mol. The van der Waals surface area contributed by atoms with Gasteiger partial charge in [-0.2, -0.15) is 5.10 Å². The van der Waals surface area contributed by atoms with Crippen LogP contribution >= 0.6 is 23.4 Å². The van der Waals surface area contributed by atoms with Crippen LogP contribution in [0.3, 0.4) is 0 Å². The molecule has 1 atom stereocenters. The SMILES string of the molecule is CCCNC(CSc1ccccc1Cl)Cc1ncnn1C. The number of nitrogens with zero attached hydrogens (tertiary/aromatic N) is 3. The zero-order chi connectivity index (χ0) is 15.1. The van der Waals surface area contributed by atoms with E-state index in [1.807, 2.05) is 29.9 Å². The minimum absolute atomic E-state index is 0.356. The van der Waals surface area contributed by atoms with Gasteiger partial charge in [-0.15, -0.1) is 11.8 Å². The van der Waals surface area contributed by atoms with Gasteiger partial charge >= 0.3 is 0 Å². The fourth-order valence-corrected chi connectivity index (χ4v) is 3.31. The highest BCUT2D eigenvalue weighted by Gasteiger charge is 2.13. The largest absolute Gasteiger partial charge is 0.313 e. The third-order valence-corrected chi connectivity index (χ3v) is 4.87. The number of nitrogens with one attached hydrogen (secondary N) is 1. The third-order valence-electron chi connectivity index (χ3n) is 3.19. The van der Waals surface area contributed by atoms with Crippen LogP contribution < -0.4 is 5.32 Å². The molecule has 0 aliphatic heterocycles. The van der Waals surface area contributed by atoms with Crippen molar-refractivity contribution in [2.45, 2.75) is 30.7 Å². The van der Waals surface area contributed by atoms with Crippen molar-refractivity contribution in [2.24, 2.45) is 7.05 Å². The summed E-state index contributed by atoms with van der Waals surface area (Å²) in [5.41, 5.74) is 0. The van der Waals surface area contributed by atoms with Crippen molar-refractivity contribution in [3.05, 3.63) is 41.4 Å². The Labute approximate surface area is 135 Å². The average Bonchev–Trinajstić information content (AvgIpc) is 2.88. The minimum Gasteiger partial charge on any atom is -0.313 e. The number of benzene rings is 1. The van der Waals surface area contributed by atoms with E-state index < -0.39 is 0 Å². The number of hydrogen-bond donors (Lipinski definition) is 1. The molecular formula is C15H21ClN4S. The molecule has 0 bridgehead atoms. The maximum absolute atomic E-state index is 6.21. The van der Waals surface area contributed by atoms with Crippen LogP contribution in [-0.2, 0) is 13.5 Å². The lowest BCUT2D eigenvalue weighted by atomic mass is 10.2. The monoisotopic (exact) mass is 324 g/mol. The standard InChI is InChI=1S/C15H21ClN4S/c1-3-8-17-12(9-15-18-11-19-20(15)2)10-21-14-7-5-4-6-13(14)16/h4-7,11-12,17H,3,8-10H2,1-2H3. The van der Waals surface area contributed by atoms with Gasteiger partial charge in [-0.3, -0.25) is 4.68 Å². The Morgan fingerprint density at radius 2 is 2.19 bits per heavy atom. The van der Waals surface area contributed by atoms with Gasteiger partial charge in [-0.25, -0.2) is 4.98 Å². The second-order valence-corrected chi connectivity index (χ2v) is 6.37. The molecule has 0 saturated heterocycles. The first kappa shape index (κ1) is 16.3. The van der Waals surface area contributed by atoms with Gasteiger partial charge in [-0.05, 0) is 25.1 Å². The van der Waals surface area contributed by atoms with Gasteiger partial charge < -0.3 is 5.32 Å². The molecule has 2 aromatic rings. The van der Waals surface area contributed by atoms with Gasteiger partial charge in [-0.1, -0.05) is 30.7 Å². The van der Waals surface area contributed by atoms with Crippen LogP contribution in [0.15, 0.2) is 35.5 Å². The molecule has 21 heavy (non-hydrogen) atoms. The Bertz CT molecular complexity index is 558. The maximum atomic E-state index is 6.21. The summed E-state index contributed by atoms with van der Waals surface area (Å²) in [7, 11) is 1.93. The predicted octanol–water partition coefficient (Wildman–Crippen LogP) is 3.17. The summed E-state index contributed by atoms with van der Waals surface area (Å²) in [5, 5.41) is 8.53. The fraction of sp³-hybridized carbons (Fsp3) is 0.467. The first-order valence-electron chi connectivity index (χ1n) is 7.14. The summed E-state index contributed by atoms with van der Waals surface area (Å²) in [6.45, 7) is 3.18. The topological polar surface area (TPSA) is 42.7 Å². The third kappa shape index (κ3) is 5.02. The Hall–Kier alpha value is -1.04. The van der Waals surface area contributed by atoms with Gasteiger partial charge in [0.15, 0.2) is 0 Å². The quantitative estimate of drug-likeness (QED) is 0.757.